The Morgan fingerprint density at radius 2 is 1.47 bits per heavy atom. The molecule has 2 atom stereocenters. The van der Waals surface area contributed by atoms with E-state index in [0.717, 1.165) is 19.5 Å². The van der Waals surface area contributed by atoms with Crippen LogP contribution in [0.1, 0.15) is 52.3 Å². The zero-order valence-electron chi connectivity index (χ0n) is 12.9. The van der Waals surface area contributed by atoms with E-state index in [1.54, 1.807) is 0 Å². The summed E-state index contributed by atoms with van der Waals surface area (Å²) in [4.78, 5) is 0. The van der Waals surface area contributed by atoms with E-state index in [4.69, 9.17) is 0 Å². The van der Waals surface area contributed by atoms with E-state index in [1.807, 2.05) is 0 Å². The van der Waals surface area contributed by atoms with Gasteiger partial charge >= 0.3 is 0 Å². The maximum absolute atomic E-state index is 10.8. The summed E-state index contributed by atoms with van der Waals surface area (Å²) in [7, 11) is 0. The minimum absolute atomic E-state index is 0.328. The Hall–Kier alpha value is -0.860. The van der Waals surface area contributed by atoms with Gasteiger partial charge in [0.15, 0.2) is 0 Å². The van der Waals surface area contributed by atoms with Gasteiger partial charge < -0.3 is 10.4 Å². The van der Waals surface area contributed by atoms with Gasteiger partial charge in [-0.1, -0.05) is 0 Å². The van der Waals surface area contributed by atoms with Crippen molar-refractivity contribution >= 4 is 0 Å². The molecule has 19 heavy (non-hydrogen) atoms. The second kappa shape index (κ2) is 5.64. The molecule has 1 saturated heterocycles. The van der Waals surface area contributed by atoms with Crippen molar-refractivity contribution in [3.8, 4) is 0 Å². The van der Waals surface area contributed by atoms with Crippen LogP contribution in [-0.4, -0.2) is 18.2 Å². The van der Waals surface area contributed by atoms with Crippen molar-refractivity contribution in [1.29, 1.82) is 0 Å². The number of aliphatic hydroxyl groups is 1. The quantitative estimate of drug-likeness (QED) is 0.856. The Balaban J connectivity index is 2.43. The molecule has 2 nitrogen and oxygen atoms in total. The van der Waals surface area contributed by atoms with Gasteiger partial charge in [-0.3, -0.25) is 0 Å². The number of rotatable bonds is 2. The normalized spacial score (nSPS) is 21.5. The van der Waals surface area contributed by atoms with E-state index in [9.17, 15) is 5.11 Å². The molecule has 1 fully saturated rings. The van der Waals surface area contributed by atoms with E-state index in [0.29, 0.717) is 5.92 Å². The third kappa shape index (κ3) is 2.56. The molecule has 1 aromatic rings. The maximum atomic E-state index is 10.8. The van der Waals surface area contributed by atoms with Crippen LogP contribution in [0.2, 0.25) is 0 Å². The van der Waals surface area contributed by atoms with Gasteiger partial charge in [-0.2, -0.15) is 0 Å². The highest BCUT2D eigenvalue weighted by Gasteiger charge is 2.27. The zero-order valence-corrected chi connectivity index (χ0v) is 12.9. The molecule has 1 aliphatic heterocycles. The van der Waals surface area contributed by atoms with Crippen molar-refractivity contribution in [2.24, 2.45) is 5.92 Å². The van der Waals surface area contributed by atoms with Crippen LogP contribution in [0, 0.1) is 40.5 Å². The Morgan fingerprint density at radius 1 is 0.947 bits per heavy atom. The van der Waals surface area contributed by atoms with Crippen molar-refractivity contribution in [1.82, 2.24) is 5.32 Å². The van der Waals surface area contributed by atoms with Gasteiger partial charge in [0.2, 0.25) is 0 Å². The summed E-state index contributed by atoms with van der Waals surface area (Å²) in [6.07, 6.45) is 1.97. The number of hydrogen-bond acceptors (Lipinski definition) is 2. The Labute approximate surface area is 117 Å². The third-order valence-electron chi connectivity index (χ3n) is 5.14. The van der Waals surface area contributed by atoms with Crippen LogP contribution >= 0.6 is 0 Å². The van der Waals surface area contributed by atoms with Gasteiger partial charge in [-0.15, -0.1) is 0 Å². The fourth-order valence-electron chi connectivity index (χ4n) is 3.36. The van der Waals surface area contributed by atoms with E-state index < -0.39 is 0 Å². The molecule has 0 bridgehead atoms. The summed E-state index contributed by atoms with van der Waals surface area (Å²) in [5.74, 6) is 0.354. The van der Waals surface area contributed by atoms with Gasteiger partial charge in [0.05, 0.1) is 6.10 Å². The molecule has 1 aromatic carbocycles. The third-order valence-corrected chi connectivity index (χ3v) is 5.14. The van der Waals surface area contributed by atoms with Crippen LogP contribution in [0.3, 0.4) is 0 Å². The number of benzene rings is 1. The van der Waals surface area contributed by atoms with Gasteiger partial charge in [-0.25, -0.2) is 0 Å². The summed E-state index contributed by atoms with van der Waals surface area (Å²) in [5.41, 5.74) is 7.77. The molecule has 2 heteroatoms. The van der Waals surface area contributed by atoms with E-state index in [1.165, 1.54) is 39.8 Å². The molecule has 0 aliphatic carbocycles. The lowest BCUT2D eigenvalue weighted by molar-refractivity contribution is 0.0909. The first kappa shape index (κ1) is 14.5. The van der Waals surface area contributed by atoms with Crippen LogP contribution in [0.25, 0.3) is 0 Å². The summed E-state index contributed by atoms with van der Waals surface area (Å²) in [6, 6.07) is 0. The highest BCUT2D eigenvalue weighted by molar-refractivity contribution is 5.50. The number of piperidine rings is 1. The lowest BCUT2D eigenvalue weighted by Gasteiger charge is -2.31. The van der Waals surface area contributed by atoms with Crippen LogP contribution in [0.4, 0.5) is 0 Å². The topological polar surface area (TPSA) is 32.3 Å². The Morgan fingerprint density at radius 3 is 1.95 bits per heavy atom. The minimum Gasteiger partial charge on any atom is -0.388 e. The van der Waals surface area contributed by atoms with Gasteiger partial charge in [0, 0.05) is 12.5 Å². The van der Waals surface area contributed by atoms with Crippen molar-refractivity contribution in [3.05, 3.63) is 33.4 Å². The molecule has 106 valence electrons. The van der Waals surface area contributed by atoms with E-state index >= 15 is 0 Å². The molecular formula is C17H27NO. The zero-order chi connectivity index (χ0) is 14.2. The molecule has 1 aliphatic rings. The number of aliphatic hydroxyl groups excluding tert-OH is 1. The second-order valence-electron chi connectivity index (χ2n) is 6.09. The lowest BCUT2D eigenvalue weighted by atomic mass is 9.81. The van der Waals surface area contributed by atoms with Crippen molar-refractivity contribution in [2.75, 3.05) is 13.1 Å². The fraction of sp³-hybridized carbons (Fsp3) is 0.647. The molecule has 2 N–H and O–H groups in total. The van der Waals surface area contributed by atoms with Crippen molar-refractivity contribution in [2.45, 2.75) is 53.6 Å². The summed E-state index contributed by atoms with van der Waals surface area (Å²) in [5, 5.41) is 14.2. The first-order valence-corrected chi connectivity index (χ1v) is 7.40. The van der Waals surface area contributed by atoms with Crippen molar-refractivity contribution < 1.29 is 5.11 Å². The molecule has 2 unspecified atom stereocenters. The lowest BCUT2D eigenvalue weighted by Crippen LogP contribution is -2.33. The highest BCUT2D eigenvalue weighted by Crippen LogP contribution is 2.35. The predicted octanol–water partition coefficient (Wildman–Crippen LogP) is 3.26. The molecule has 0 aromatic heterocycles. The SMILES string of the molecule is Cc1c(C)c(C)c(C(O)C2CCCNC2)c(C)c1C. The first-order chi connectivity index (χ1) is 8.95. The molecule has 2 rings (SSSR count). The molecular weight excluding hydrogens is 234 g/mol. The summed E-state index contributed by atoms with van der Waals surface area (Å²) < 4.78 is 0. The second-order valence-corrected chi connectivity index (χ2v) is 6.09. The fourth-order valence-corrected chi connectivity index (χ4v) is 3.36. The Kier molecular flexibility index (Phi) is 4.32. The average molecular weight is 261 g/mol. The number of nitrogens with one attached hydrogen (secondary N) is 1. The molecule has 0 radical (unpaired) electrons. The van der Waals surface area contributed by atoms with Gasteiger partial charge in [0.25, 0.3) is 0 Å². The molecule has 1 heterocycles. The van der Waals surface area contributed by atoms with E-state index in [2.05, 4.69) is 39.9 Å². The monoisotopic (exact) mass is 261 g/mol. The average Bonchev–Trinajstić information content (AvgIpc) is 2.44. The van der Waals surface area contributed by atoms with Crippen molar-refractivity contribution in [3.63, 3.8) is 0 Å². The van der Waals surface area contributed by atoms with Crippen LogP contribution in [0.15, 0.2) is 0 Å². The number of hydrogen-bond donors (Lipinski definition) is 2. The minimum atomic E-state index is -0.328. The first-order valence-electron chi connectivity index (χ1n) is 7.40. The predicted molar refractivity (Wildman–Crippen MR) is 80.7 cm³/mol. The van der Waals surface area contributed by atoms with Crippen LogP contribution in [0.5, 0.6) is 0 Å². The summed E-state index contributed by atoms with van der Waals surface area (Å²) in [6.45, 7) is 12.9. The van der Waals surface area contributed by atoms with Gasteiger partial charge in [-0.05, 0) is 87.4 Å². The van der Waals surface area contributed by atoms with E-state index in [-0.39, 0.29) is 6.10 Å². The smallest absolute Gasteiger partial charge is 0.0835 e. The summed E-state index contributed by atoms with van der Waals surface area (Å²) >= 11 is 0. The van der Waals surface area contributed by atoms with Crippen LogP contribution in [-0.2, 0) is 0 Å². The molecule has 0 amide bonds. The van der Waals surface area contributed by atoms with Crippen LogP contribution < -0.4 is 5.32 Å². The largest absolute Gasteiger partial charge is 0.388 e. The Bertz CT molecular complexity index is 444. The highest BCUT2D eigenvalue weighted by atomic mass is 16.3. The standard InChI is InChI=1S/C17H27NO/c1-10-11(2)13(4)16(14(5)12(10)3)17(19)15-7-6-8-18-9-15/h15,17-19H,6-9H2,1-5H3. The molecule has 0 spiro atoms. The maximum Gasteiger partial charge on any atom is 0.0835 e. The molecule has 0 saturated carbocycles. The van der Waals surface area contributed by atoms with Gasteiger partial charge in [0.1, 0.15) is 0 Å².